The molecular formula is C21H19ClN4O6. The molecule has 0 aromatic heterocycles. The summed E-state index contributed by atoms with van der Waals surface area (Å²) in [6, 6.07) is 14.3. The van der Waals surface area contributed by atoms with Crippen molar-refractivity contribution >= 4 is 41.2 Å². The second-order valence-corrected chi connectivity index (χ2v) is 7.27. The first-order valence-electron chi connectivity index (χ1n) is 9.51. The highest BCUT2D eigenvalue weighted by molar-refractivity contribution is 6.30. The fourth-order valence-corrected chi connectivity index (χ4v) is 2.97. The number of carbonyl (C=O) groups is 5. The number of benzene rings is 2. The molecule has 32 heavy (non-hydrogen) atoms. The number of hydrogen-bond acceptors (Lipinski definition) is 6. The minimum atomic E-state index is -0.838. The zero-order valence-electron chi connectivity index (χ0n) is 16.7. The molecule has 1 saturated heterocycles. The maximum Gasteiger partial charge on any atom is 0.311 e. The monoisotopic (exact) mass is 458 g/mol. The van der Waals surface area contributed by atoms with E-state index in [4.69, 9.17) is 16.3 Å². The Balaban J connectivity index is 1.41. The molecule has 2 aromatic carbocycles. The maximum atomic E-state index is 12.2. The highest BCUT2D eigenvalue weighted by atomic mass is 35.5. The van der Waals surface area contributed by atoms with Gasteiger partial charge in [0.15, 0.2) is 6.61 Å². The van der Waals surface area contributed by atoms with E-state index in [-0.39, 0.29) is 18.5 Å². The lowest BCUT2D eigenvalue weighted by Crippen LogP contribution is -2.44. The molecule has 2 aromatic rings. The first-order valence-corrected chi connectivity index (χ1v) is 9.89. The van der Waals surface area contributed by atoms with Gasteiger partial charge in [0, 0.05) is 22.6 Å². The molecule has 3 rings (SSSR count). The summed E-state index contributed by atoms with van der Waals surface area (Å²) >= 11 is 5.74. The largest absolute Gasteiger partial charge is 0.455 e. The number of halogens is 1. The van der Waals surface area contributed by atoms with Crippen molar-refractivity contribution in [2.24, 2.45) is 5.92 Å². The quantitative estimate of drug-likeness (QED) is 0.434. The van der Waals surface area contributed by atoms with E-state index in [1.807, 2.05) is 0 Å². The van der Waals surface area contributed by atoms with Crippen molar-refractivity contribution in [2.75, 3.05) is 13.2 Å². The van der Waals surface area contributed by atoms with E-state index >= 15 is 0 Å². The van der Waals surface area contributed by atoms with Crippen LogP contribution in [0.4, 0.5) is 0 Å². The van der Waals surface area contributed by atoms with Gasteiger partial charge in [-0.15, -0.1) is 0 Å². The molecule has 0 radical (unpaired) electrons. The molecule has 10 nitrogen and oxygen atoms in total. The molecule has 1 aliphatic rings. The van der Waals surface area contributed by atoms with Gasteiger partial charge in [-0.3, -0.25) is 45.3 Å². The lowest BCUT2D eigenvalue weighted by molar-refractivity contribution is -0.152. The van der Waals surface area contributed by atoms with E-state index in [1.165, 1.54) is 24.3 Å². The van der Waals surface area contributed by atoms with Gasteiger partial charge >= 0.3 is 5.97 Å². The molecule has 0 aliphatic carbocycles. The summed E-state index contributed by atoms with van der Waals surface area (Å²) in [6.07, 6.45) is -0.164. The van der Waals surface area contributed by atoms with Crippen molar-refractivity contribution in [1.82, 2.24) is 21.3 Å². The average molecular weight is 459 g/mol. The Morgan fingerprint density at radius 3 is 2.28 bits per heavy atom. The Morgan fingerprint density at radius 1 is 0.938 bits per heavy atom. The Bertz CT molecular complexity index is 1030. The number of rotatable bonds is 6. The number of nitrogens with zero attached hydrogens (tertiary/aromatic N) is 1. The van der Waals surface area contributed by atoms with Gasteiger partial charge in [0.1, 0.15) is 0 Å². The first kappa shape index (κ1) is 22.8. The molecule has 166 valence electrons. The summed E-state index contributed by atoms with van der Waals surface area (Å²) in [6.45, 7) is -0.730. The fraction of sp³-hybridized carbons (Fsp3) is 0.190. The van der Waals surface area contributed by atoms with Crippen LogP contribution in [-0.4, -0.2) is 47.8 Å². The van der Waals surface area contributed by atoms with Crippen LogP contribution < -0.4 is 16.3 Å². The van der Waals surface area contributed by atoms with Gasteiger partial charge in [0.25, 0.3) is 17.7 Å². The van der Waals surface area contributed by atoms with Gasteiger partial charge in [0.2, 0.25) is 5.91 Å². The highest BCUT2D eigenvalue weighted by Crippen LogP contribution is 2.18. The molecule has 0 bridgehead atoms. The number of carbonyl (C=O) groups excluding carboxylic acids is 5. The Hall–Kier alpha value is -3.92. The first-order chi connectivity index (χ1) is 15.3. The molecular weight excluding hydrogens is 440 g/mol. The van der Waals surface area contributed by atoms with Crippen LogP contribution in [0, 0.1) is 5.92 Å². The Labute approximate surface area is 187 Å². The van der Waals surface area contributed by atoms with Gasteiger partial charge in [0.05, 0.1) is 12.5 Å². The second-order valence-electron chi connectivity index (χ2n) is 6.83. The molecule has 1 aliphatic heterocycles. The van der Waals surface area contributed by atoms with Crippen molar-refractivity contribution < 1.29 is 28.7 Å². The van der Waals surface area contributed by atoms with E-state index in [0.717, 1.165) is 5.01 Å². The summed E-state index contributed by atoms with van der Waals surface area (Å²) in [5.41, 5.74) is 7.39. The van der Waals surface area contributed by atoms with Crippen LogP contribution in [0.2, 0.25) is 5.02 Å². The number of hydrogen-bond donors (Lipinski definition) is 3. The number of hydrazine groups is 2. The summed E-state index contributed by atoms with van der Waals surface area (Å²) in [7, 11) is 0. The molecule has 1 atom stereocenters. The molecule has 3 N–H and O–H groups in total. The second kappa shape index (κ2) is 10.4. The third-order valence-electron chi connectivity index (χ3n) is 4.50. The zero-order valence-corrected chi connectivity index (χ0v) is 17.4. The van der Waals surface area contributed by atoms with Crippen molar-refractivity contribution in [2.45, 2.75) is 6.42 Å². The van der Waals surface area contributed by atoms with Crippen LogP contribution in [0.5, 0.6) is 0 Å². The molecule has 0 saturated carbocycles. The topological polar surface area (TPSA) is 134 Å². The third kappa shape index (κ3) is 6.05. The van der Waals surface area contributed by atoms with Gasteiger partial charge in [-0.25, -0.2) is 0 Å². The van der Waals surface area contributed by atoms with E-state index in [1.54, 1.807) is 30.3 Å². The van der Waals surface area contributed by atoms with Crippen molar-refractivity contribution in [3.8, 4) is 0 Å². The zero-order chi connectivity index (χ0) is 23.1. The third-order valence-corrected chi connectivity index (χ3v) is 4.75. The average Bonchev–Trinajstić information content (AvgIpc) is 3.17. The predicted molar refractivity (Wildman–Crippen MR) is 112 cm³/mol. The van der Waals surface area contributed by atoms with E-state index in [9.17, 15) is 24.0 Å². The number of esters is 1. The highest BCUT2D eigenvalue weighted by Gasteiger charge is 2.36. The van der Waals surface area contributed by atoms with Crippen molar-refractivity contribution in [3.63, 3.8) is 0 Å². The van der Waals surface area contributed by atoms with E-state index < -0.39 is 42.1 Å². The maximum absolute atomic E-state index is 12.2. The van der Waals surface area contributed by atoms with Crippen LogP contribution in [0.25, 0.3) is 0 Å². The Morgan fingerprint density at radius 2 is 1.59 bits per heavy atom. The normalized spacial score (nSPS) is 15.1. The van der Waals surface area contributed by atoms with Gasteiger partial charge in [-0.1, -0.05) is 29.8 Å². The number of ether oxygens (including phenoxy) is 1. The van der Waals surface area contributed by atoms with Crippen LogP contribution in [0.1, 0.15) is 27.1 Å². The SMILES string of the molecule is O=C(COC(=O)[C@@H]1CC(=O)N(NC(=O)c2ccccc2)C1)NNC(=O)c1ccc(Cl)cc1. The number of amides is 4. The standard InChI is InChI=1S/C21H19ClN4O6/c22-16-8-6-14(7-9-16)19(29)24-23-17(27)12-32-21(31)15-10-18(28)26(11-15)25-20(30)13-4-2-1-3-5-13/h1-9,15H,10-12H2,(H,23,27)(H,24,29)(H,25,30)/t15-/m1/s1. The number of nitrogens with one attached hydrogen (secondary N) is 3. The van der Waals surface area contributed by atoms with Crippen LogP contribution >= 0.6 is 11.6 Å². The molecule has 0 spiro atoms. The summed E-state index contributed by atoms with van der Waals surface area (Å²) in [5.74, 6) is -3.88. The van der Waals surface area contributed by atoms with Crippen LogP contribution in [-0.2, 0) is 19.1 Å². The van der Waals surface area contributed by atoms with Crippen molar-refractivity contribution in [3.05, 3.63) is 70.7 Å². The summed E-state index contributed by atoms with van der Waals surface area (Å²) in [4.78, 5) is 60.2. The molecule has 1 heterocycles. The van der Waals surface area contributed by atoms with Gasteiger partial charge in [-0.2, -0.15) is 0 Å². The van der Waals surface area contributed by atoms with Crippen molar-refractivity contribution in [1.29, 1.82) is 0 Å². The van der Waals surface area contributed by atoms with Crippen LogP contribution in [0.3, 0.4) is 0 Å². The van der Waals surface area contributed by atoms with Crippen LogP contribution in [0.15, 0.2) is 54.6 Å². The lowest BCUT2D eigenvalue weighted by atomic mass is 10.1. The predicted octanol–water partition coefficient (Wildman–Crippen LogP) is 0.838. The molecule has 4 amide bonds. The molecule has 0 unspecified atom stereocenters. The molecule has 1 fully saturated rings. The minimum Gasteiger partial charge on any atom is -0.455 e. The lowest BCUT2D eigenvalue weighted by Gasteiger charge is -2.17. The van der Waals surface area contributed by atoms with Gasteiger partial charge in [-0.05, 0) is 36.4 Å². The fourth-order valence-electron chi connectivity index (χ4n) is 2.84. The smallest absolute Gasteiger partial charge is 0.311 e. The summed E-state index contributed by atoms with van der Waals surface area (Å²) < 4.78 is 4.92. The van der Waals surface area contributed by atoms with E-state index in [2.05, 4.69) is 16.3 Å². The van der Waals surface area contributed by atoms with Gasteiger partial charge < -0.3 is 4.74 Å². The summed E-state index contributed by atoms with van der Waals surface area (Å²) in [5, 5.41) is 1.51. The van der Waals surface area contributed by atoms with E-state index in [0.29, 0.717) is 10.6 Å². The minimum absolute atomic E-state index is 0.0782. The molecule has 11 heteroatoms. The Kier molecular flexibility index (Phi) is 7.40.